The van der Waals surface area contributed by atoms with Crippen molar-refractivity contribution in [1.82, 2.24) is 19.5 Å². The Morgan fingerprint density at radius 1 is 0.559 bits per heavy atom. The fraction of sp³-hybridized carbons (Fsp3) is 0.0500. The van der Waals surface area contributed by atoms with Gasteiger partial charge in [0.15, 0.2) is 0 Å². The Balaban J connectivity index is 0.000000270. The zero-order chi connectivity index (χ0) is 45.5. The Kier molecular flexibility index (Phi) is 12.3. The second kappa shape index (κ2) is 18.8. The number of halogens is 1. The minimum absolute atomic E-state index is 0. The molecule has 68 heavy (non-hydrogen) atoms. The first-order valence-electron chi connectivity index (χ1n) is 22.4. The van der Waals surface area contributed by atoms with E-state index in [0.29, 0.717) is 17.1 Å². The molecule has 0 spiro atoms. The van der Waals surface area contributed by atoms with Gasteiger partial charge in [-0.3, -0.25) is 4.98 Å². The van der Waals surface area contributed by atoms with Gasteiger partial charge in [0.05, 0.1) is 33.8 Å². The van der Waals surface area contributed by atoms with Gasteiger partial charge in [0.2, 0.25) is 5.71 Å². The molecule has 4 heterocycles. The maximum atomic E-state index is 13.9. The van der Waals surface area contributed by atoms with Gasteiger partial charge in [-0.15, -0.1) is 18.2 Å². The summed E-state index contributed by atoms with van der Waals surface area (Å²) in [6.07, 6.45) is 2.04. The van der Waals surface area contributed by atoms with Crippen LogP contribution >= 0.6 is 0 Å². The summed E-state index contributed by atoms with van der Waals surface area (Å²) in [5.41, 5.74) is 12.7. The molecular formula is C60H43FGeIrN4O-2. The van der Waals surface area contributed by atoms with Gasteiger partial charge < -0.3 is 8.98 Å². The second-order valence-corrected chi connectivity index (χ2v) is 28.2. The molecule has 0 unspecified atom stereocenters. The van der Waals surface area contributed by atoms with Crippen LogP contribution in [0, 0.1) is 17.9 Å². The molecule has 0 aliphatic heterocycles. The van der Waals surface area contributed by atoms with Crippen molar-refractivity contribution in [3.8, 4) is 61.8 Å². The number of aromatic nitrogens is 4. The van der Waals surface area contributed by atoms with E-state index in [2.05, 4.69) is 142 Å². The van der Waals surface area contributed by atoms with Crippen LogP contribution < -0.4 is 4.40 Å². The van der Waals surface area contributed by atoms with Crippen LogP contribution in [0.1, 0.15) is 0 Å². The van der Waals surface area contributed by atoms with Crippen molar-refractivity contribution in [2.45, 2.75) is 17.3 Å². The molecule has 8 heteroatoms. The van der Waals surface area contributed by atoms with Gasteiger partial charge in [-0.1, -0.05) is 126 Å². The van der Waals surface area contributed by atoms with Crippen LogP contribution in [0.4, 0.5) is 4.39 Å². The first-order chi connectivity index (χ1) is 32.8. The number of benzene rings is 8. The molecule has 12 aromatic rings. The van der Waals surface area contributed by atoms with E-state index in [4.69, 9.17) is 14.4 Å². The van der Waals surface area contributed by atoms with E-state index in [0.717, 1.165) is 88.6 Å². The number of furan rings is 1. The molecular weight excluding hydrogens is 1080 g/mol. The summed E-state index contributed by atoms with van der Waals surface area (Å²) < 4.78 is 24.4. The van der Waals surface area contributed by atoms with Crippen LogP contribution in [0.3, 0.4) is 0 Å². The summed E-state index contributed by atoms with van der Waals surface area (Å²) >= 11 is -1.72. The Morgan fingerprint density at radius 2 is 1.22 bits per heavy atom. The van der Waals surface area contributed by atoms with Crippen LogP contribution in [0.5, 0.6) is 0 Å². The van der Waals surface area contributed by atoms with Crippen LogP contribution in [0.15, 0.2) is 211 Å². The molecule has 331 valence electrons. The molecule has 5 nitrogen and oxygen atoms in total. The Morgan fingerprint density at radius 3 is 1.88 bits per heavy atom. The van der Waals surface area contributed by atoms with Crippen molar-refractivity contribution in [2.75, 3.05) is 0 Å². The number of para-hydroxylation sites is 3. The molecule has 12 rings (SSSR count). The van der Waals surface area contributed by atoms with Crippen molar-refractivity contribution in [3.05, 3.63) is 224 Å². The molecule has 0 bridgehead atoms. The number of hydrogen-bond donors (Lipinski definition) is 0. The van der Waals surface area contributed by atoms with E-state index in [-0.39, 0.29) is 25.9 Å². The predicted octanol–water partition coefficient (Wildman–Crippen LogP) is 15.2. The van der Waals surface area contributed by atoms with Crippen molar-refractivity contribution < 1.29 is 28.9 Å². The number of rotatable bonds is 7. The normalized spacial score (nSPS) is 11.4. The van der Waals surface area contributed by atoms with Gasteiger partial charge >= 0.3 is 99.8 Å². The van der Waals surface area contributed by atoms with Crippen LogP contribution in [0.2, 0.25) is 17.3 Å². The summed E-state index contributed by atoms with van der Waals surface area (Å²) in [5.74, 6) is 7.56. The molecule has 0 aliphatic rings. The smallest absolute Gasteiger partial charge is 0 e. The van der Waals surface area contributed by atoms with Gasteiger partial charge in [-0.05, 0) is 52.9 Å². The van der Waals surface area contributed by atoms with Gasteiger partial charge in [0.25, 0.3) is 0 Å². The number of imidazole rings is 1. The minimum Gasteiger partial charge on any atom is 0 e. The average Bonchev–Trinajstić information content (AvgIpc) is 3.96. The summed E-state index contributed by atoms with van der Waals surface area (Å²) in [6.45, 7) is 0. The summed E-state index contributed by atoms with van der Waals surface area (Å²) in [4.78, 5) is 14.9. The largest absolute Gasteiger partial charge is 0 e. The van der Waals surface area contributed by atoms with E-state index in [9.17, 15) is 4.39 Å². The summed E-state index contributed by atoms with van der Waals surface area (Å²) in [7, 11) is 0. The van der Waals surface area contributed by atoms with Gasteiger partial charge in [0.1, 0.15) is 5.82 Å². The van der Waals surface area contributed by atoms with Crippen LogP contribution in [-0.4, -0.2) is 32.8 Å². The summed E-state index contributed by atoms with van der Waals surface area (Å²) in [6, 6.07) is 73.3. The van der Waals surface area contributed by atoms with E-state index >= 15 is 0 Å². The predicted molar refractivity (Wildman–Crippen MR) is 276 cm³/mol. The molecule has 0 fully saturated rings. The topological polar surface area (TPSA) is 56.7 Å². The monoisotopic (exact) mass is 1120 g/mol. The van der Waals surface area contributed by atoms with Gasteiger partial charge in [0, 0.05) is 47.6 Å². The molecule has 1 radical (unpaired) electrons. The number of pyridine rings is 2. The van der Waals surface area contributed by atoms with Crippen molar-refractivity contribution in [2.24, 2.45) is 0 Å². The maximum Gasteiger partial charge on any atom is 0 e. The van der Waals surface area contributed by atoms with Crippen molar-refractivity contribution >= 4 is 61.5 Å². The van der Waals surface area contributed by atoms with Gasteiger partial charge in [-0.25, -0.2) is 9.37 Å². The molecule has 0 atom stereocenters. The zero-order valence-corrected chi connectivity index (χ0v) is 42.0. The minimum atomic E-state index is -1.72. The van der Waals surface area contributed by atoms with Crippen LogP contribution in [0.25, 0.3) is 106 Å². The number of hydrogen-bond acceptors (Lipinski definition) is 4. The molecule has 8 aromatic carbocycles. The zero-order valence-electron chi connectivity index (χ0n) is 37.5. The van der Waals surface area contributed by atoms with E-state index in [1.54, 1.807) is 12.1 Å². The first-order valence-corrected chi connectivity index (χ1v) is 29.7. The number of fused-ring (bicyclic) bond motifs is 6. The summed E-state index contributed by atoms with van der Waals surface area (Å²) in [5, 5.41) is 3.81. The maximum absolute atomic E-state index is 13.9. The van der Waals surface area contributed by atoms with E-state index in [1.165, 1.54) is 16.5 Å². The third-order valence-corrected chi connectivity index (χ3v) is 16.5. The van der Waals surface area contributed by atoms with E-state index < -0.39 is 13.3 Å². The SMILES string of the molecule is Fc1ccc(-c2nc3oc4c(-c5nc6ccccc6n5-c5c(-c6ccccc6)cccc5-c5ccccc5)[c-]ccc4c3c3ccccc23)cc1.[CH3][Ge]([CH3])([CH3])[c]1ccc(-c2[c-]cccc2)nc1.[Ir]. The Hall–Kier alpha value is -7.29. The molecule has 0 saturated heterocycles. The van der Waals surface area contributed by atoms with Crippen LogP contribution in [-0.2, 0) is 20.1 Å². The molecule has 0 amide bonds. The Bertz CT molecular complexity index is 3660. The first kappa shape index (κ1) is 44.5. The fourth-order valence-electron chi connectivity index (χ4n) is 8.91. The third-order valence-electron chi connectivity index (χ3n) is 12.2. The quantitative estimate of drug-likeness (QED) is 0.118. The molecule has 0 saturated carbocycles. The molecule has 0 aliphatic carbocycles. The average molecular weight is 1120 g/mol. The van der Waals surface area contributed by atoms with Crippen molar-refractivity contribution in [3.63, 3.8) is 0 Å². The standard InChI is InChI=1S/C46H27FN3O.C14H16GeN.Ir/c47-32-27-25-31(26-28-32)42-36-18-8-7-17-35(36)41-37-21-12-22-38(44(37)51-46(41)49-42)45-48-39-23-9-10-24-40(39)50(45)43-33(29-13-3-1-4-14-29)19-11-20-34(43)30-15-5-2-6-16-30;1-15(2,3)13-9-10-14(16-11-13)12-7-5-4-6-8-12;/h1-21,23-28H;4-7,9-11H,1-3H3;/q2*-1;. The second-order valence-electron chi connectivity index (χ2n) is 17.5. The number of nitrogens with zero attached hydrogens (tertiary/aromatic N) is 4. The third kappa shape index (κ3) is 8.39. The fourth-order valence-corrected chi connectivity index (χ4v) is 11.1. The van der Waals surface area contributed by atoms with E-state index in [1.807, 2.05) is 79.0 Å². The Labute approximate surface area is 410 Å². The van der Waals surface area contributed by atoms with Crippen molar-refractivity contribution in [1.29, 1.82) is 0 Å². The van der Waals surface area contributed by atoms with Gasteiger partial charge in [-0.2, -0.15) is 0 Å². The molecule has 0 N–H and O–H groups in total. The molecule has 4 aromatic heterocycles.